The molecule has 6 nitrogen and oxygen atoms in total. The van der Waals surface area contributed by atoms with Gasteiger partial charge in [0, 0.05) is 16.5 Å². The molecule has 1 aromatic heterocycles. The smallest absolute Gasteiger partial charge is 0.489 e. The van der Waals surface area contributed by atoms with Gasteiger partial charge in [-0.25, -0.2) is 4.79 Å². The fraction of sp³-hybridized carbons (Fsp3) is 0.267. The lowest BCUT2D eigenvalue weighted by Crippen LogP contribution is -2.17. The Labute approximate surface area is 232 Å². The van der Waals surface area contributed by atoms with Gasteiger partial charge in [-0.3, -0.25) is 0 Å². The molecule has 0 aliphatic heterocycles. The first-order chi connectivity index (χ1) is 19.2. The minimum atomic E-state index is -4.85. The molecule has 0 bridgehead atoms. The lowest BCUT2D eigenvalue weighted by atomic mass is 10.0. The number of halogens is 4. The number of carbonyl (C=O) groups is 1. The number of hydrogen-bond donors (Lipinski definition) is 1. The van der Waals surface area contributed by atoms with Crippen LogP contribution < -0.4 is 9.47 Å². The van der Waals surface area contributed by atoms with Crippen LogP contribution in [0, 0.1) is 0 Å². The first-order valence-electron chi connectivity index (χ1n) is 12.8. The maximum atomic E-state index is 13.0. The van der Waals surface area contributed by atoms with E-state index in [-0.39, 0.29) is 46.9 Å². The van der Waals surface area contributed by atoms with Crippen molar-refractivity contribution >= 4 is 17.6 Å². The van der Waals surface area contributed by atoms with Gasteiger partial charge in [0.2, 0.25) is 0 Å². The summed E-state index contributed by atoms with van der Waals surface area (Å²) in [5.41, 5.74) is 3.28. The van der Waals surface area contributed by atoms with E-state index >= 15 is 0 Å². The Balaban J connectivity index is 1.19. The zero-order chi connectivity index (χ0) is 28.0. The van der Waals surface area contributed by atoms with Crippen LogP contribution in [0.5, 0.6) is 11.5 Å². The van der Waals surface area contributed by atoms with Gasteiger partial charge in [0.1, 0.15) is 29.6 Å². The third-order valence-electron chi connectivity index (χ3n) is 7.27. The summed E-state index contributed by atoms with van der Waals surface area (Å²) < 4.78 is 54.9. The highest BCUT2D eigenvalue weighted by atomic mass is 35.5. The molecule has 0 saturated heterocycles. The number of benzene rings is 3. The Bertz CT molecular complexity index is 1560. The standard InChI is InChI=1S/C30H23ClF3NO5/c31-25-13-19(11-12-20(25)23-14-22(23)16-5-9-18(10-6-16)29(36)37)38-15-24-27(35-40-28(24)17-7-8-17)21-3-1-2-4-26(21)39-30(32,33)34/h1-6,9-13,17,22-23H,7-8,14-15H2,(H,36,37)/t22-,23-/m1/s1. The van der Waals surface area contributed by atoms with E-state index in [4.69, 9.17) is 26.0 Å². The first-order valence-corrected chi connectivity index (χ1v) is 13.1. The van der Waals surface area contributed by atoms with E-state index in [0.717, 1.165) is 30.4 Å². The maximum absolute atomic E-state index is 13.0. The lowest BCUT2D eigenvalue weighted by molar-refractivity contribution is -0.274. The van der Waals surface area contributed by atoms with Crippen molar-refractivity contribution in [2.45, 2.75) is 50.0 Å². The van der Waals surface area contributed by atoms with Crippen molar-refractivity contribution < 1.29 is 37.1 Å². The predicted molar refractivity (Wildman–Crippen MR) is 140 cm³/mol. The molecule has 0 amide bonds. The van der Waals surface area contributed by atoms with Crippen LogP contribution in [0.25, 0.3) is 11.3 Å². The maximum Gasteiger partial charge on any atom is 0.573 e. The van der Waals surface area contributed by atoms with Crippen molar-refractivity contribution in [1.29, 1.82) is 0 Å². The zero-order valence-electron chi connectivity index (χ0n) is 21.0. The zero-order valence-corrected chi connectivity index (χ0v) is 21.7. The molecule has 2 saturated carbocycles. The monoisotopic (exact) mass is 569 g/mol. The van der Waals surface area contributed by atoms with Gasteiger partial charge in [0.15, 0.2) is 0 Å². The van der Waals surface area contributed by atoms with Crippen LogP contribution in [0.4, 0.5) is 13.2 Å². The van der Waals surface area contributed by atoms with Crippen LogP contribution in [-0.4, -0.2) is 22.6 Å². The third-order valence-corrected chi connectivity index (χ3v) is 7.59. The fourth-order valence-electron chi connectivity index (χ4n) is 5.05. The third kappa shape index (κ3) is 5.51. The van der Waals surface area contributed by atoms with Crippen LogP contribution in [0.2, 0.25) is 5.02 Å². The van der Waals surface area contributed by atoms with Crippen molar-refractivity contribution in [3.05, 3.63) is 99.8 Å². The summed E-state index contributed by atoms with van der Waals surface area (Å²) >= 11 is 6.63. The summed E-state index contributed by atoms with van der Waals surface area (Å²) in [7, 11) is 0. The SMILES string of the molecule is O=C(O)c1ccc([C@H]2C[C@@H]2c2ccc(OCc3c(-c4ccccc4OC(F)(F)F)noc3C3CC3)cc2Cl)cc1. The van der Waals surface area contributed by atoms with Gasteiger partial charge < -0.3 is 19.1 Å². The average Bonchev–Trinajstić information content (AvgIpc) is 3.85. The summed E-state index contributed by atoms with van der Waals surface area (Å²) in [5, 5.41) is 13.8. The molecule has 2 aliphatic carbocycles. The Morgan fingerprint density at radius 3 is 2.48 bits per heavy atom. The molecule has 6 rings (SSSR count). The van der Waals surface area contributed by atoms with Gasteiger partial charge >= 0.3 is 12.3 Å². The largest absolute Gasteiger partial charge is 0.573 e. The Morgan fingerprint density at radius 2 is 1.80 bits per heavy atom. The number of alkyl halides is 3. The van der Waals surface area contributed by atoms with Crippen LogP contribution in [0.1, 0.15) is 69.8 Å². The molecule has 3 aromatic carbocycles. The minimum Gasteiger partial charge on any atom is -0.489 e. The van der Waals surface area contributed by atoms with E-state index in [9.17, 15) is 18.0 Å². The van der Waals surface area contributed by atoms with Crippen LogP contribution >= 0.6 is 11.6 Å². The Morgan fingerprint density at radius 1 is 1.05 bits per heavy atom. The molecule has 10 heteroatoms. The number of aromatic nitrogens is 1. The normalized spacial score (nSPS) is 18.4. The number of hydrogen-bond acceptors (Lipinski definition) is 5. The molecule has 0 unspecified atom stereocenters. The Hall–Kier alpha value is -3.98. The minimum absolute atomic E-state index is 0.0304. The highest BCUT2D eigenvalue weighted by molar-refractivity contribution is 6.31. The van der Waals surface area contributed by atoms with E-state index in [1.54, 1.807) is 24.3 Å². The number of carboxylic acids is 1. The van der Waals surface area contributed by atoms with Crippen LogP contribution in [0.15, 0.2) is 71.3 Å². The van der Waals surface area contributed by atoms with Crippen molar-refractivity contribution in [3.8, 4) is 22.8 Å². The number of para-hydroxylation sites is 1. The van der Waals surface area contributed by atoms with Crippen molar-refractivity contribution in [2.24, 2.45) is 0 Å². The summed E-state index contributed by atoms with van der Waals surface area (Å²) in [6.07, 6.45) is -2.13. The molecule has 2 aliphatic rings. The summed E-state index contributed by atoms with van der Waals surface area (Å²) in [5.74, 6) is 0.410. The topological polar surface area (TPSA) is 81.8 Å². The molecule has 4 aromatic rings. The number of carboxylic acid groups (broad SMARTS) is 1. The molecule has 206 valence electrons. The number of aromatic carboxylic acids is 1. The number of rotatable bonds is 9. The second kappa shape index (κ2) is 10.2. The van der Waals surface area contributed by atoms with Crippen LogP contribution in [0.3, 0.4) is 0 Å². The second-order valence-corrected chi connectivity index (χ2v) is 10.4. The van der Waals surface area contributed by atoms with Gasteiger partial charge in [-0.15, -0.1) is 13.2 Å². The molecule has 2 fully saturated rings. The van der Waals surface area contributed by atoms with E-state index in [2.05, 4.69) is 9.89 Å². The predicted octanol–water partition coefficient (Wildman–Crippen LogP) is 8.32. The van der Waals surface area contributed by atoms with Crippen molar-refractivity contribution in [3.63, 3.8) is 0 Å². The van der Waals surface area contributed by atoms with Gasteiger partial charge in [-0.05, 0) is 78.6 Å². The van der Waals surface area contributed by atoms with E-state index in [0.29, 0.717) is 22.1 Å². The lowest BCUT2D eigenvalue weighted by Gasteiger charge is -2.13. The Kier molecular flexibility index (Phi) is 6.70. The van der Waals surface area contributed by atoms with Gasteiger partial charge in [-0.2, -0.15) is 0 Å². The molecular weight excluding hydrogens is 547 g/mol. The quantitative estimate of drug-likeness (QED) is 0.218. The molecule has 1 N–H and O–H groups in total. The molecule has 40 heavy (non-hydrogen) atoms. The van der Waals surface area contributed by atoms with Crippen molar-refractivity contribution in [1.82, 2.24) is 5.16 Å². The van der Waals surface area contributed by atoms with Crippen LogP contribution in [-0.2, 0) is 6.61 Å². The molecule has 0 radical (unpaired) electrons. The summed E-state index contributed by atoms with van der Waals surface area (Å²) in [6, 6.07) is 18.2. The summed E-state index contributed by atoms with van der Waals surface area (Å²) in [4.78, 5) is 11.1. The highest BCUT2D eigenvalue weighted by Crippen LogP contribution is 2.56. The number of ether oxygens (including phenoxy) is 2. The highest BCUT2D eigenvalue weighted by Gasteiger charge is 2.41. The fourth-order valence-corrected chi connectivity index (χ4v) is 5.36. The van der Waals surface area contributed by atoms with E-state index in [1.807, 2.05) is 24.3 Å². The molecule has 1 heterocycles. The van der Waals surface area contributed by atoms with Gasteiger partial charge in [0.25, 0.3) is 0 Å². The molecule has 0 spiro atoms. The van der Waals surface area contributed by atoms with E-state index < -0.39 is 12.3 Å². The average molecular weight is 570 g/mol. The molecule has 2 atom stereocenters. The number of nitrogens with zero attached hydrogens (tertiary/aromatic N) is 1. The van der Waals surface area contributed by atoms with Gasteiger partial charge in [-0.1, -0.05) is 47.1 Å². The summed E-state index contributed by atoms with van der Waals surface area (Å²) in [6.45, 7) is 0.0304. The first kappa shape index (κ1) is 26.3. The van der Waals surface area contributed by atoms with Crippen molar-refractivity contribution in [2.75, 3.05) is 0 Å². The second-order valence-electron chi connectivity index (χ2n) is 10.0. The molecular formula is C30H23ClF3NO5. The van der Waals surface area contributed by atoms with Gasteiger partial charge in [0.05, 0.1) is 11.1 Å². The van der Waals surface area contributed by atoms with E-state index in [1.165, 1.54) is 18.2 Å².